The fourth-order valence-corrected chi connectivity index (χ4v) is 12.4. The summed E-state index contributed by atoms with van der Waals surface area (Å²) in [7, 11) is 0. The third-order valence-corrected chi connectivity index (χ3v) is 15.9. The quantitative estimate of drug-likeness (QED) is 0.149. The molecule has 2 nitrogen and oxygen atoms in total. The molecule has 0 aromatic heterocycles. The predicted octanol–water partition coefficient (Wildman–Crippen LogP) is 7.89. The van der Waals surface area contributed by atoms with Gasteiger partial charge in [-0.2, -0.15) is 0 Å². The summed E-state index contributed by atoms with van der Waals surface area (Å²) in [4.78, 5) is 0. The van der Waals surface area contributed by atoms with E-state index in [0.717, 1.165) is 17.5 Å². The fourth-order valence-electron chi connectivity index (χ4n) is 4.77. The van der Waals surface area contributed by atoms with Crippen LogP contribution in [0, 0.1) is 0 Å². The Morgan fingerprint density at radius 3 is 1.64 bits per heavy atom. The van der Waals surface area contributed by atoms with E-state index in [4.69, 9.17) is 4.74 Å². The summed E-state index contributed by atoms with van der Waals surface area (Å²) in [5.74, 6) is 0.713. The molecule has 4 aromatic carbocycles. The standard InChI is InChI=1S/C32H33BrNOP/c1-4-35-27(3)24-26(2)34-32-23-15-14-16-28(32)25-36(33,29-17-8-5-9-18-29,30-19-10-6-11-20-30)31-21-12-7-13-22-31/h5-23,34H,2-4,24-25H2,1H3. The molecule has 0 saturated carbocycles. The first-order valence-electron chi connectivity index (χ1n) is 12.2. The van der Waals surface area contributed by atoms with Gasteiger partial charge in [-0.3, -0.25) is 0 Å². The molecular weight excluding hydrogens is 525 g/mol. The van der Waals surface area contributed by atoms with Crippen LogP contribution in [0.1, 0.15) is 18.9 Å². The van der Waals surface area contributed by atoms with Crippen LogP contribution >= 0.6 is 20.8 Å². The first kappa shape index (κ1) is 25.9. The molecule has 0 heterocycles. The van der Waals surface area contributed by atoms with Gasteiger partial charge in [0.25, 0.3) is 0 Å². The first-order valence-corrected chi connectivity index (χ1v) is 16.6. The van der Waals surface area contributed by atoms with E-state index >= 15 is 0 Å². The zero-order valence-corrected chi connectivity index (χ0v) is 23.2. The van der Waals surface area contributed by atoms with Crippen LogP contribution in [0.3, 0.4) is 0 Å². The van der Waals surface area contributed by atoms with Crippen LogP contribution < -0.4 is 21.2 Å². The molecular formula is C32H33BrNOP. The maximum absolute atomic E-state index is 5.55. The van der Waals surface area contributed by atoms with Crippen molar-refractivity contribution < 1.29 is 4.74 Å². The van der Waals surface area contributed by atoms with Crippen LogP contribution in [-0.2, 0) is 10.9 Å². The van der Waals surface area contributed by atoms with Gasteiger partial charge in [-0.25, -0.2) is 0 Å². The zero-order chi connectivity index (χ0) is 25.5. The van der Waals surface area contributed by atoms with Gasteiger partial charge in [0.15, 0.2) is 0 Å². The van der Waals surface area contributed by atoms with Gasteiger partial charge in [0.05, 0.1) is 0 Å². The first-order chi connectivity index (χ1) is 17.4. The van der Waals surface area contributed by atoms with Crippen molar-refractivity contribution in [3.05, 3.63) is 145 Å². The molecule has 0 fully saturated rings. The van der Waals surface area contributed by atoms with Crippen molar-refractivity contribution >= 4 is 42.4 Å². The van der Waals surface area contributed by atoms with Crippen LogP contribution in [0.5, 0.6) is 0 Å². The summed E-state index contributed by atoms with van der Waals surface area (Å²) in [6.07, 6.45) is 1.36. The second-order valence-electron chi connectivity index (χ2n) is 8.88. The van der Waals surface area contributed by atoms with Gasteiger partial charge in [-0.05, 0) is 0 Å². The Hall–Kier alpha value is -3.13. The minimum absolute atomic E-state index is 0.566. The molecule has 0 spiro atoms. The Kier molecular flexibility index (Phi) is 8.14. The van der Waals surface area contributed by atoms with Gasteiger partial charge in [0.1, 0.15) is 0 Å². The number of benzene rings is 4. The molecule has 0 unspecified atom stereocenters. The minimum atomic E-state index is -3.11. The Morgan fingerprint density at radius 1 is 0.722 bits per heavy atom. The van der Waals surface area contributed by atoms with E-state index in [0.29, 0.717) is 18.8 Å². The van der Waals surface area contributed by atoms with Crippen molar-refractivity contribution in [1.29, 1.82) is 0 Å². The topological polar surface area (TPSA) is 21.3 Å². The van der Waals surface area contributed by atoms with E-state index in [1.54, 1.807) is 0 Å². The SMILES string of the molecule is C=C(CC(=C)OCC)Nc1ccccc1CP(Br)(c1ccccc1)(c1ccccc1)c1ccccc1. The Labute approximate surface area is 223 Å². The number of nitrogens with one attached hydrogen (secondary N) is 1. The summed E-state index contributed by atoms with van der Waals surface area (Å²) < 4.78 is 5.55. The zero-order valence-electron chi connectivity index (χ0n) is 20.7. The van der Waals surface area contributed by atoms with Crippen LogP contribution in [0.2, 0.25) is 0 Å². The second kappa shape index (κ2) is 11.3. The third-order valence-electron chi connectivity index (χ3n) is 6.44. The molecule has 0 atom stereocenters. The maximum atomic E-state index is 5.55. The van der Waals surface area contributed by atoms with Gasteiger partial charge in [-0.1, -0.05) is 0 Å². The van der Waals surface area contributed by atoms with Crippen molar-refractivity contribution in [2.24, 2.45) is 0 Å². The van der Waals surface area contributed by atoms with Crippen molar-refractivity contribution in [2.45, 2.75) is 19.5 Å². The van der Waals surface area contributed by atoms with Crippen LogP contribution in [-0.4, -0.2) is 6.61 Å². The predicted molar refractivity (Wildman–Crippen MR) is 162 cm³/mol. The molecule has 4 rings (SSSR count). The average Bonchev–Trinajstić information content (AvgIpc) is 2.91. The van der Waals surface area contributed by atoms with E-state index in [-0.39, 0.29) is 0 Å². The molecule has 0 saturated heterocycles. The summed E-state index contributed by atoms with van der Waals surface area (Å²) in [5.41, 5.74) is 3.12. The number of para-hydroxylation sites is 1. The Morgan fingerprint density at radius 2 is 1.17 bits per heavy atom. The van der Waals surface area contributed by atoms with E-state index in [9.17, 15) is 0 Å². The molecule has 0 aliphatic carbocycles. The molecule has 0 bridgehead atoms. The Balaban J connectivity index is 1.88. The van der Waals surface area contributed by atoms with E-state index < -0.39 is 5.31 Å². The molecule has 0 amide bonds. The van der Waals surface area contributed by atoms with E-state index in [1.165, 1.54) is 21.5 Å². The average molecular weight is 559 g/mol. The number of rotatable bonds is 11. The molecule has 1 N–H and O–H groups in total. The summed E-state index contributed by atoms with van der Waals surface area (Å²) in [6, 6.07) is 41.1. The van der Waals surface area contributed by atoms with Gasteiger partial charge < -0.3 is 0 Å². The summed E-state index contributed by atoms with van der Waals surface area (Å²) in [6.45, 7) is 10.8. The molecule has 0 aliphatic rings. The molecule has 4 heteroatoms. The van der Waals surface area contributed by atoms with E-state index in [1.807, 2.05) is 6.92 Å². The third kappa shape index (κ3) is 5.19. The van der Waals surface area contributed by atoms with Crippen molar-refractivity contribution in [1.82, 2.24) is 0 Å². The van der Waals surface area contributed by atoms with Crippen molar-refractivity contribution in [2.75, 3.05) is 11.9 Å². The van der Waals surface area contributed by atoms with Gasteiger partial charge in [-0.15, -0.1) is 0 Å². The van der Waals surface area contributed by atoms with Gasteiger partial charge >= 0.3 is 224 Å². The number of hydrogen-bond donors (Lipinski definition) is 1. The van der Waals surface area contributed by atoms with Crippen molar-refractivity contribution in [3.63, 3.8) is 0 Å². The van der Waals surface area contributed by atoms with Gasteiger partial charge in [0.2, 0.25) is 0 Å². The summed E-state index contributed by atoms with van der Waals surface area (Å²) >= 11 is 4.56. The molecule has 36 heavy (non-hydrogen) atoms. The number of anilines is 1. The molecule has 184 valence electrons. The number of halogens is 1. The number of hydrogen-bond acceptors (Lipinski definition) is 2. The van der Waals surface area contributed by atoms with Crippen LogP contribution in [0.4, 0.5) is 5.69 Å². The molecule has 4 aromatic rings. The molecule has 0 aliphatic heterocycles. The van der Waals surface area contributed by atoms with Crippen molar-refractivity contribution in [3.8, 4) is 0 Å². The van der Waals surface area contributed by atoms with Crippen LogP contribution in [0.15, 0.2) is 140 Å². The van der Waals surface area contributed by atoms with Gasteiger partial charge in [0, 0.05) is 0 Å². The second-order valence-corrected chi connectivity index (χ2v) is 17.8. The molecule has 0 radical (unpaired) electrons. The fraction of sp³-hybridized carbons (Fsp3) is 0.125. The van der Waals surface area contributed by atoms with Crippen LogP contribution in [0.25, 0.3) is 0 Å². The normalized spacial score (nSPS) is 12.2. The summed E-state index contributed by atoms with van der Waals surface area (Å²) in [5, 5.41) is 4.32. The number of ether oxygens (including phenoxy) is 1. The Bertz CT molecular complexity index is 1220. The van der Waals surface area contributed by atoms with E-state index in [2.05, 4.69) is 149 Å². The monoisotopic (exact) mass is 557 g/mol.